The molecule has 5 heteroatoms. The van der Waals surface area contributed by atoms with E-state index in [0.717, 1.165) is 29.0 Å². The van der Waals surface area contributed by atoms with Gasteiger partial charge in [-0.1, -0.05) is 24.3 Å². The molecule has 28 heavy (non-hydrogen) atoms. The Morgan fingerprint density at radius 2 is 1.93 bits per heavy atom. The second-order valence-electron chi connectivity index (χ2n) is 7.26. The molecule has 2 aromatic rings. The van der Waals surface area contributed by atoms with Gasteiger partial charge in [0.15, 0.2) is 0 Å². The molecule has 3 rings (SSSR count). The van der Waals surface area contributed by atoms with Gasteiger partial charge in [0.1, 0.15) is 5.75 Å². The zero-order chi connectivity index (χ0) is 20.1. The zero-order valence-electron chi connectivity index (χ0n) is 16.8. The third-order valence-electron chi connectivity index (χ3n) is 5.19. The Balaban J connectivity index is 1.51. The number of nitrogens with one attached hydrogen (secondary N) is 1. The van der Waals surface area contributed by atoms with Crippen molar-refractivity contribution < 1.29 is 14.3 Å². The molecule has 0 heterocycles. The van der Waals surface area contributed by atoms with Crippen LogP contribution >= 0.6 is 0 Å². The van der Waals surface area contributed by atoms with Crippen LogP contribution in [-0.2, 0) is 16.0 Å². The molecule has 0 spiro atoms. The molecule has 0 saturated heterocycles. The zero-order valence-corrected chi connectivity index (χ0v) is 16.8. The lowest BCUT2D eigenvalue weighted by atomic mass is 10.1. The largest absolute Gasteiger partial charge is 0.497 e. The fourth-order valence-corrected chi connectivity index (χ4v) is 3.51. The quantitative estimate of drug-likeness (QED) is 0.764. The first-order valence-electron chi connectivity index (χ1n) is 9.82. The van der Waals surface area contributed by atoms with Crippen LogP contribution < -0.4 is 15.0 Å². The second kappa shape index (κ2) is 8.91. The summed E-state index contributed by atoms with van der Waals surface area (Å²) in [4.78, 5) is 27.1. The van der Waals surface area contributed by atoms with Crippen molar-refractivity contribution in [1.82, 2.24) is 5.32 Å². The average molecular weight is 380 g/mol. The SMILES string of the molecule is CCN(C(=O)C1CC1C(=O)NCCc1cccc(OC)c1)c1cccc(C)c1. The van der Waals surface area contributed by atoms with Crippen molar-refractivity contribution in [3.8, 4) is 5.75 Å². The Kier molecular flexibility index (Phi) is 6.34. The third kappa shape index (κ3) is 4.71. The number of methoxy groups -OCH3 is 1. The van der Waals surface area contributed by atoms with Crippen molar-refractivity contribution >= 4 is 17.5 Å². The van der Waals surface area contributed by atoms with Crippen molar-refractivity contribution in [2.24, 2.45) is 11.8 Å². The molecule has 1 saturated carbocycles. The monoisotopic (exact) mass is 380 g/mol. The van der Waals surface area contributed by atoms with E-state index in [-0.39, 0.29) is 23.7 Å². The number of nitrogens with zero attached hydrogens (tertiary/aromatic N) is 1. The fourth-order valence-electron chi connectivity index (χ4n) is 3.51. The molecule has 0 aliphatic heterocycles. The van der Waals surface area contributed by atoms with Gasteiger partial charge in [-0.05, 0) is 62.1 Å². The highest BCUT2D eigenvalue weighted by Crippen LogP contribution is 2.41. The van der Waals surface area contributed by atoms with Crippen molar-refractivity contribution in [3.63, 3.8) is 0 Å². The summed E-state index contributed by atoms with van der Waals surface area (Å²) in [6, 6.07) is 15.7. The highest BCUT2D eigenvalue weighted by atomic mass is 16.5. The van der Waals surface area contributed by atoms with E-state index in [4.69, 9.17) is 4.74 Å². The average Bonchev–Trinajstić information content (AvgIpc) is 3.50. The van der Waals surface area contributed by atoms with E-state index in [2.05, 4.69) is 5.32 Å². The maximum atomic E-state index is 12.9. The lowest BCUT2D eigenvalue weighted by Gasteiger charge is -2.21. The highest BCUT2D eigenvalue weighted by Gasteiger charge is 2.49. The lowest BCUT2D eigenvalue weighted by Crippen LogP contribution is -2.34. The van der Waals surface area contributed by atoms with Crippen LogP contribution in [0.15, 0.2) is 48.5 Å². The third-order valence-corrected chi connectivity index (χ3v) is 5.19. The minimum absolute atomic E-state index is 0.0264. The number of carbonyl (C=O) groups is 2. The van der Waals surface area contributed by atoms with E-state index in [1.54, 1.807) is 12.0 Å². The van der Waals surface area contributed by atoms with Gasteiger partial charge >= 0.3 is 0 Å². The van der Waals surface area contributed by atoms with Gasteiger partial charge in [-0.25, -0.2) is 0 Å². The van der Waals surface area contributed by atoms with Crippen molar-refractivity contribution in [2.75, 3.05) is 25.1 Å². The second-order valence-corrected chi connectivity index (χ2v) is 7.26. The van der Waals surface area contributed by atoms with Crippen LogP contribution in [0.1, 0.15) is 24.5 Å². The summed E-state index contributed by atoms with van der Waals surface area (Å²) in [6.45, 7) is 5.13. The van der Waals surface area contributed by atoms with Gasteiger partial charge in [-0.2, -0.15) is 0 Å². The Bertz CT molecular complexity index is 849. The number of amides is 2. The smallest absolute Gasteiger partial charge is 0.230 e. The number of anilines is 1. The van der Waals surface area contributed by atoms with Crippen LogP contribution in [0, 0.1) is 18.8 Å². The summed E-state index contributed by atoms with van der Waals surface area (Å²) >= 11 is 0. The summed E-state index contributed by atoms with van der Waals surface area (Å²) in [5.41, 5.74) is 3.13. The van der Waals surface area contributed by atoms with Crippen LogP contribution in [0.25, 0.3) is 0 Å². The topological polar surface area (TPSA) is 58.6 Å². The highest BCUT2D eigenvalue weighted by molar-refractivity contribution is 6.01. The fraction of sp³-hybridized carbons (Fsp3) is 0.391. The first kappa shape index (κ1) is 19.9. The Morgan fingerprint density at radius 1 is 1.14 bits per heavy atom. The maximum absolute atomic E-state index is 12.9. The maximum Gasteiger partial charge on any atom is 0.230 e. The van der Waals surface area contributed by atoms with E-state index in [1.807, 2.05) is 62.4 Å². The molecule has 2 amide bonds. The molecule has 0 bridgehead atoms. The lowest BCUT2D eigenvalue weighted by molar-refractivity contribution is -0.126. The molecular formula is C23H28N2O3. The standard InChI is InChI=1S/C23H28N2O3/c1-4-25(18-9-5-7-16(2)13-18)23(27)21-15-20(21)22(26)24-12-11-17-8-6-10-19(14-17)28-3/h5-10,13-14,20-21H,4,11-12,15H2,1-3H3,(H,24,26). The van der Waals surface area contributed by atoms with E-state index >= 15 is 0 Å². The molecule has 1 aliphatic carbocycles. The molecule has 1 aliphatic rings. The van der Waals surface area contributed by atoms with E-state index in [1.165, 1.54) is 0 Å². The van der Waals surface area contributed by atoms with Gasteiger partial charge in [0, 0.05) is 18.8 Å². The first-order chi connectivity index (χ1) is 13.5. The minimum atomic E-state index is -0.211. The number of aryl methyl sites for hydroxylation is 1. The Morgan fingerprint density at radius 3 is 2.64 bits per heavy atom. The minimum Gasteiger partial charge on any atom is -0.497 e. The molecule has 2 atom stereocenters. The Hall–Kier alpha value is -2.82. The van der Waals surface area contributed by atoms with Crippen LogP contribution in [0.3, 0.4) is 0 Å². The number of hydrogen-bond acceptors (Lipinski definition) is 3. The summed E-state index contributed by atoms with van der Waals surface area (Å²) in [5.74, 6) is 0.407. The predicted molar refractivity (Wildman–Crippen MR) is 111 cm³/mol. The normalized spacial score (nSPS) is 17.7. The molecule has 0 aromatic heterocycles. The van der Waals surface area contributed by atoms with Gasteiger partial charge in [-0.3, -0.25) is 9.59 Å². The molecule has 1 N–H and O–H groups in total. The van der Waals surface area contributed by atoms with Gasteiger partial charge < -0.3 is 15.0 Å². The van der Waals surface area contributed by atoms with Crippen molar-refractivity contribution in [2.45, 2.75) is 26.7 Å². The van der Waals surface area contributed by atoms with E-state index in [0.29, 0.717) is 19.5 Å². The van der Waals surface area contributed by atoms with Crippen LogP contribution in [0.5, 0.6) is 5.75 Å². The molecule has 0 radical (unpaired) electrons. The number of carbonyl (C=O) groups excluding carboxylic acids is 2. The summed E-state index contributed by atoms with van der Waals surface area (Å²) in [5, 5.41) is 2.97. The molecule has 2 aromatic carbocycles. The van der Waals surface area contributed by atoms with Crippen molar-refractivity contribution in [3.05, 3.63) is 59.7 Å². The first-order valence-corrected chi connectivity index (χ1v) is 9.82. The molecular weight excluding hydrogens is 352 g/mol. The Labute approximate surface area is 166 Å². The molecule has 2 unspecified atom stereocenters. The summed E-state index contributed by atoms with van der Waals surface area (Å²) in [7, 11) is 1.64. The van der Waals surface area contributed by atoms with E-state index in [9.17, 15) is 9.59 Å². The van der Waals surface area contributed by atoms with Gasteiger partial charge in [0.25, 0.3) is 0 Å². The van der Waals surface area contributed by atoms with Crippen LogP contribution in [-0.4, -0.2) is 32.0 Å². The van der Waals surface area contributed by atoms with Crippen LogP contribution in [0.4, 0.5) is 5.69 Å². The van der Waals surface area contributed by atoms with Gasteiger partial charge in [0.2, 0.25) is 11.8 Å². The molecule has 5 nitrogen and oxygen atoms in total. The molecule has 148 valence electrons. The van der Waals surface area contributed by atoms with Gasteiger partial charge in [0.05, 0.1) is 18.9 Å². The summed E-state index contributed by atoms with van der Waals surface area (Å²) < 4.78 is 5.22. The van der Waals surface area contributed by atoms with Gasteiger partial charge in [-0.15, -0.1) is 0 Å². The predicted octanol–water partition coefficient (Wildman–Crippen LogP) is 3.35. The number of benzene rings is 2. The number of hydrogen-bond donors (Lipinski definition) is 1. The number of ether oxygens (including phenoxy) is 1. The summed E-state index contributed by atoms with van der Waals surface area (Å²) in [6.07, 6.45) is 1.37. The number of rotatable bonds is 8. The van der Waals surface area contributed by atoms with E-state index < -0.39 is 0 Å². The molecule has 1 fully saturated rings. The van der Waals surface area contributed by atoms with Crippen LogP contribution in [0.2, 0.25) is 0 Å². The van der Waals surface area contributed by atoms with Crippen molar-refractivity contribution in [1.29, 1.82) is 0 Å².